The lowest BCUT2D eigenvalue weighted by molar-refractivity contribution is -0.385. The number of hydrogen-bond donors (Lipinski definition) is 3. The zero-order valence-electron chi connectivity index (χ0n) is 12.9. The molecule has 8 nitrogen and oxygen atoms in total. The van der Waals surface area contributed by atoms with E-state index in [1.807, 2.05) is 31.2 Å². The predicted octanol–water partition coefficient (Wildman–Crippen LogP) is 2.17. The van der Waals surface area contributed by atoms with E-state index in [9.17, 15) is 20.0 Å². The molecular weight excluding hydrogens is 312 g/mol. The Morgan fingerprint density at radius 1 is 1.33 bits per heavy atom. The van der Waals surface area contributed by atoms with E-state index in [0.29, 0.717) is 0 Å². The van der Waals surface area contributed by atoms with Crippen molar-refractivity contribution in [3.05, 3.63) is 63.7 Å². The lowest BCUT2D eigenvalue weighted by Gasteiger charge is -2.05. The van der Waals surface area contributed by atoms with Crippen molar-refractivity contribution in [1.29, 1.82) is 0 Å². The maximum atomic E-state index is 11.7. The number of para-hydroxylation sites is 1. The number of rotatable bonds is 6. The minimum atomic E-state index is -0.697. The molecule has 0 radical (unpaired) electrons. The summed E-state index contributed by atoms with van der Waals surface area (Å²) in [4.78, 5) is 21.7. The van der Waals surface area contributed by atoms with Gasteiger partial charge in [0.15, 0.2) is 0 Å². The summed E-state index contributed by atoms with van der Waals surface area (Å²) in [6.45, 7) is 1.96. The largest absolute Gasteiger partial charge is 0.502 e. The van der Waals surface area contributed by atoms with Crippen LogP contribution in [0.5, 0.6) is 5.75 Å². The Bertz CT molecular complexity index is 789. The number of nitrogens with one attached hydrogen (secondary N) is 2. The van der Waals surface area contributed by atoms with Gasteiger partial charge in [0.1, 0.15) is 0 Å². The molecule has 0 aromatic heterocycles. The molecular formula is C16H16N4O4. The lowest BCUT2D eigenvalue weighted by atomic mass is 10.2. The third kappa shape index (κ3) is 4.54. The minimum Gasteiger partial charge on any atom is -0.502 e. The Balaban J connectivity index is 1.91. The highest BCUT2D eigenvalue weighted by Crippen LogP contribution is 2.27. The molecule has 2 aromatic rings. The van der Waals surface area contributed by atoms with E-state index in [2.05, 4.69) is 15.8 Å². The van der Waals surface area contributed by atoms with Crippen molar-refractivity contribution < 1.29 is 14.8 Å². The van der Waals surface area contributed by atoms with Crippen LogP contribution in [0.2, 0.25) is 0 Å². The highest BCUT2D eigenvalue weighted by molar-refractivity contribution is 5.87. The molecule has 0 saturated carbocycles. The topological polar surface area (TPSA) is 117 Å². The van der Waals surface area contributed by atoms with Crippen LogP contribution in [0.1, 0.15) is 11.1 Å². The summed E-state index contributed by atoms with van der Waals surface area (Å²) >= 11 is 0. The van der Waals surface area contributed by atoms with Gasteiger partial charge in [-0.2, -0.15) is 5.10 Å². The van der Waals surface area contributed by atoms with E-state index < -0.39 is 22.3 Å². The number of anilines is 1. The fraction of sp³-hybridized carbons (Fsp3) is 0.125. The first kappa shape index (κ1) is 16.9. The SMILES string of the molecule is Cc1cccc(NCC(=O)N/N=C\c2cccc([N+](=O)[O-])c2O)c1. The van der Waals surface area contributed by atoms with Gasteiger partial charge in [-0.05, 0) is 30.7 Å². The lowest BCUT2D eigenvalue weighted by Crippen LogP contribution is -2.25. The van der Waals surface area contributed by atoms with Crippen LogP contribution in [0, 0.1) is 17.0 Å². The molecule has 0 fully saturated rings. The fourth-order valence-electron chi connectivity index (χ4n) is 1.95. The second-order valence-corrected chi connectivity index (χ2v) is 4.99. The molecule has 24 heavy (non-hydrogen) atoms. The number of nitrogens with zero attached hydrogens (tertiary/aromatic N) is 2. The fourth-order valence-corrected chi connectivity index (χ4v) is 1.95. The third-order valence-corrected chi connectivity index (χ3v) is 3.11. The summed E-state index contributed by atoms with van der Waals surface area (Å²) in [7, 11) is 0. The van der Waals surface area contributed by atoms with E-state index in [4.69, 9.17) is 0 Å². The second-order valence-electron chi connectivity index (χ2n) is 4.99. The number of hydrogen-bond acceptors (Lipinski definition) is 6. The van der Waals surface area contributed by atoms with Crippen molar-refractivity contribution in [3.63, 3.8) is 0 Å². The van der Waals surface area contributed by atoms with Gasteiger partial charge in [0, 0.05) is 17.3 Å². The molecule has 2 rings (SSSR count). The van der Waals surface area contributed by atoms with Gasteiger partial charge in [-0.1, -0.05) is 18.2 Å². The first-order valence-corrected chi connectivity index (χ1v) is 7.06. The van der Waals surface area contributed by atoms with Crippen LogP contribution in [0.25, 0.3) is 0 Å². The zero-order chi connectivity index (χ0) is 17.5. The van der Waals surface area contributed by atoms with Crippen LogP contribution in [0.3, 0.4) is 0 Å². The molecule has 1 amide bonds. The van der Waals surface area contributed by atoms with Crippen LogP contribution >= 0.6 is 0 Å². The van der Waals surface area contributed by atoms with Crippen LogP contribution < -0.4 is 10.7 Å². The number of nitro benzene ring substituents is 1. The van der Waals surface area contributed by atoms with Crippen molar-refractivity contribution in [2.75, 3.05) is 11.9 Å². The Morgan fingerprint density at radius 3 is 2.79 bits per heavy atom. The van der Waals surface area contributed by atoms with Gasteiger partial charge in [-0.15, -0.1) is 0 Å². The van der Waals surface area contributed by atoms with Crippen molar-refractivity contribution in [2.45, 2.75) is 6.92 Å². The minimum absolute atomic E-state index is 0.0156. The second kappa shape index (κ2) is 7.73. The van der Waals surface area contributed by atoms with Crippen molar-refractivity contribution in [3.8, 4) is 5.75 Å². The summed E-state index contributed by atoms with van der Waals surface area (Å²) in [5, 5.41) is 27.1. The van der Waals surface area contributed by atoms with Crippen LogP contribution in [-0.4, -0.2) is 28.7 Å². The summed E-state index contributed by atoms with van der Waals surface area (Å²) < 4.78 is 0. The molecule has 0 bridgehead atoms. The van der Waals surface area contributed by atoms with E-state index in [1.54, 1.807) is 0 Å². The molecule has 0 saturated heterocycles. The van der Waals surface area contributed by atoms with Crippen LogP contribution in [-0.2, 0) is 4.79 Å². The molecule has 124 valence electrons. The predicted molar refractivity (Wildman–Crippen MR) is 90.2 cm³/mol. The van der Waals surface area contributed by atoms with Crippen molar-refractivity contribution in [1.82, 2.24) is 5.43 Å². The smallest absolute Gasteiger partial charge is 0.311 e. The number of amides is 1. The summed E-state index contributed by atoms with van der Waals surface area (Å²) in [5.41, 5.74) is 3.87. The quantitative estimate of drug-likeness (QED) is 0.427. The zero-order valence-corrected chi connectivity index (χ0v) is 12.9. The number of carbonyl (C=O) groups excluding carboxylic acids is 1. The number of hydrazone groups is 1. The molecule has 0 atom stereocenters. The van der Waals surface area contributed by atoms with Crippen molar-refractivity contribution >= 4 is 23.5 Å². The number of aromatic hydroxyl groups is 1. The number of benzene rings is 2. The van der Waals surface area contributed by atoms with E-state index in [0.717, 1.165) is 17.5 Å². The van der Waals surface area contributed by atoms with Gasteiger partial charge in [-0.3, -0.25) is 14.9 Å². The number of phenols is 1. The first-order valence-electron chi connectivity index (χ1n) is 7.06. The maximum absolute atomic E-state index is 11.7. The molecule has 0 aliphatic rings. The van der Waals surface area contributed by atoms with Crippen LogP contribution in [0.15, 0.2) is 47.6 Å². The first-order chi connectivity index (χ1) is 11.5. The molecule has 0 heterocycles. The van der Waals surface area contributed by atoms with E-state index in [1.165, 1.54) is 18.2 Å². The molecule has 0 spiro atoms. The van der Waals surface area contributed by atoms with Gasteiger partial charge in [-0.25, -0.2) is 5.43 Å². The Morgan fingerprint density at radius 2 is 2.08 bits per heavy atom. The van der Waals surface area contributed by atoms with Gasteiger partial charge in [0.25, 0.3) is 5.91 Å². The van der Waals surface area contributed by atoms with Gasteiger partial charge < -0.3 is 10.4 Å². The summed E-state index contributed by atoms with van der Waals surface area (Å²) in [6.07, 6.45) is 1.15. The Kier molecular flexibility index (Phi) is 5.45. The Labute approximate surface area is 138 Å². The van der Waals surface area contributed by atoms with Gasteiger partial charge in [0.2, 0.25) is 5.75 Å². The average molecular weight is 328 g/mol. The average Bonchev–Trinajstić information content (AvgIpc) is 2.54. The molecule has 0 aliphatic carbocycles. The molecule has 8 heteroatoms. The maximum Gasteiger partial charge on any atom is 0.311 e. The van der Waals surface area contributed by atoms with Crippen LogP contribution in [0.4, 0.5) is 11.4 Å². The van der Waals surface area contributed by atoms with E-state index >= 15 is 0 Å². The molecule has 0 unspecified atom stereocenters. The van der Waals surface area contributed by atoms with Gasteiger partial charge in [0.05, 0.1) is 17.7 Å². The molecule has 0 aliphatic heterocycles. The number of aryl methyl sites for hydroxylation is 1. The highest BCUT2D eigenvalue weighted by Gasteiger charge is 2.15. The standard InChI is InChI=1S/C16H16N4O4/c1-11-4-2-6-13(8-11)17-10-15(21)19-18-9-12-5-3-7-14(16(12)22)20(23)24/h2-9,17,22H,10H2,1H3,(H,19,21)/b18-9-. The highest BCUT2D eigenvalue weighted by atomic mass is 16.6. The third-order valence-electron chi connectivity index (χ3n) is 3.11. The monoisotopic (exact) mass is 328 g/mol. The van der Waals surface area contributed by atoms with E-state index in [-0.39, 0.29) is 12.1 Å². The number of phenolic OH excluding ortho intramolecular Hbond substituents is 1. The molecule has 2 aromatic carbocycles. The van der Waals surface area contributed by atoms with Gasteiger partial charge >= 0.3 is 5.69 Å². The van der Waals surface area contributed by atoms with Crippen molar-refractivity contribution in [2.24, 2.45) is 5.10 Å². The summed E-state index contributed by atoms with van der Waals surface area (Å²) in [6, 6.07) is 11.6. The molecule has 3 N–H and O–H groups in total. The summed E-state index contributed by atoms with van der Waals surface area (Å²) in [5.74, 6) is -0.893. The normalized spacial score (nSPS) is 10.5. The number of nitro groups is 1. The Hall–Kier alpha value is -3.42. The number of carbonyl (C=O) groups is 1.